The van der Waals surface area contributed by atoms with Crippen LogP contribution in [-0.2, 0) is 24.8 Å². The molecule has 1 aromatic rings. The van der Waals surface area contributed by atoms with Gasteiger partial charge in [-0.05, 0) is 24.2 Å². The van der Waals surface area contributed by atoms with Gasteiger partial charge in [0.25, 0.3) is 0 Å². The molecule has 1 aromatic carbocycles. The van der Waals surface area contributed by atoms with Gasteiger partial charge in [-0.3, -0.25) is 4.79 Å². The van der Waals surface area contributed by atoms with E-state index in [1.54, 1.807) is 12.1 Å². The summed E-state index contributed by atoms with van der Waals surface area (Å²) >= 11 is 1.40. The van der Waals surface area contributed by atoms with Gasteiger partial charge < -0.3 is 24.0 Å². The molecule has 32 heavy (non-hydrogen) atoms. The van der Waals surface area contributed by atoms with Crippen LogP contribution in [0.2, 0.25) is 18.1 Å². The predicted octanol–water partition coefficient (Wildman–Crippen LogP) is 3.53. The molecule has 10 heteroatoms. The highest BCUT2D eigenvalue weighted by Crippen LogP contribution is 2.41. The number of thioether (sulfide) groups is 1. The Kier molecular flexibility index (Phi) is 8.64. The third-order valence-corrected chi connectivity index (χ3v) is 11.1. The summed E-state index contributed by atoms with van der Waals surface area (Å²) < 4.78 is 22.2. The van der Waals surface area contributed by atoms with Gasteiger partial charge in [0.05, 0.1) is 26.2 Å². The molecule has 0 radical (unpaired) electrons. The van der Waals surface area contributed by atoms with Gasteiger partial charge in [0.1, 0.15) is 24.1 Å². The fourth-order valence-corrected chi connectivity index (χ4v) is 4.87. The Bertz CT molecular complexity index is 867. The molecule has 0 fully saturated rings. The summed E-state index contributed by atoms with van der Waals surface area (Å²) in [5.74, 6) is 0.273. The highest BCUT2D eigenvalue weighted by Gasteiger charge is 2.40. The first-order valence-corrected chi connectivity index (χ1v) is 14.5. The normalized spacial score (nSPS) is 18.3. The van der Waals surface area contributed by atoms with E-state index in [-0.39, 0.29) is 24.0 Å². The van der Waals surface area contributed by atoms with Crippen LogP contribution in [0.25, 0.3) is 0 Å². The quantitative estimate of drug-likeness (QED) is 0.513. The van der Waals surface area contributed by atoms with E-state index in [9.17, 15) is 14.4 Å². The Morgan fingerprint density at radius 1 is 1.22 bits per heavy atom. The molecule has 178 valence electrons. The summed E-state index contributed by atoms with van der Waals surface area (Å²) in [6.45, 7) is 10.6. The zero-order chi connectivity index (χ0) is 24.1. The Morgan fingerprint density at radius 3 is 2.50 bits per heavy atom. The van der Waals surface area contributed by atoms with Gasteiger partial charge in [0, 0.05) is 23.1 Å². The van der Waals surface area contributed by atoms with Crippen LogP contribution in [0, 0.1) is 0 Å². The first-order chi connectivity index (χ1) is 14.9. The topological polar surface area (TPSA) is 100 Å². The van der Waals surface area contributed by atoms with Crippen LogP contribution in [0.4, 0.5) is 0 Å². The summed E-state index contributed by atoms with van der Waals surface area (Å²) in [5.41, 5.74) is 1.02. The maximum atomic E-state index is 12.9. The van der Waals surface area contributed by atoms with E-state index in [0.29, 0.717) is 34.1 Å². The zero-order valence-electron chi connectivity index (χ0n) is 19.8. The molecule has 0 spiro atoms. The number of fused-ring (bicyclic) bond motifs is 1. The maximum Gasteiger partial charge on any atom is 0.338 e. The number of rotatable bonds is 4. The number of esters is 2. The van der Waals surface area contributed by atoms with Crippen LogP contribution >= 0.6 is 11.8 Å². The lowest BCUT2D eigenvalue weighted by molar-refractivity contribution is -0.144. The van der Waals surface area contributed by atoms with E-state index >= 15 is 0 Å². The second kappa shape index (κ2) is 10.6. The van der Waals surface area contributed by atoms with Crippen molar-refractivity contribution in [2.24, 2.45) is 0 Å². The van der Waals surface area contributed by atoms with Gasteiger partial charge in [-0.15, -0.1) is 0 Å². The molecule has 1 aliphatic rings. The molecule has 0 saturated carbocycles. The van der Waals surface area contributed by atoms with E-state index in [4.69, 9.17) is 18.6 Å². The van der Waals surface area contributed by atoms with Gasteiger partial charge in [-0.25, -0.2) is 9.59 Å². The lowest BCUT2D eigenvalue weighted by Gasteiger charge is -2.37. The van der Waals surface area contributed by atoms with E-state index in [0.717, 1.165) is 0 Å². The van der Waals surface area contributed by atoms with Crippen molar-refractivity contribution in [1.29, 1.82) is 0 Å². The molecule has 1 atom stereocenters. The molecule has 0 unspecified atom stereocenters. The monoisotopic (exact) mass is 483 g/mol. The highest BCUT2D eigenvalue weighted by atomic mass is 32.2. The van der Waals surface area contributed by atoms with Crippen molar-refractivity contribution in [2.75, 3.05) is 26.6 Å². The molecule has 0 saturated heterocycles. The highest BCUT2D eigenvalue weighted by molar-refractivity contribution is 7.98. The fraction of sp³-hybridized carbons (Fsp3) is 0.591. The first kappa shape index (κ1) is 26.1. The largest absolute Gasteiger partial charge is 0.543 e. The van der Waals surface area contributed by atoms with Gasteiger partial charge in [0.2, 0.25) is 14.2 Å². The summed E-state index contributed by atoms with van der Waals surface area (Å²) in [5, 5.41) is 2.59. The number of carbonyl (C=O) groups is 3. The van der Waals surface area contributed by atoms with Crippen molar-refractivity contribution >= 4 is 37.9 Å². The number of cyclic esters (lactones) is 1. The van der Waals surface area contributed by atoms with Crippen LogP contribution in [0.5, 0.6) is 11.5 Å². The minimum atomic E-state index is -2.23. The van der Waals surface area contributed by atoms with Crippen molar-refractivity contribution in [3.05, 3.63) is 23.3 Å². The van der Waals surface area contributed by atoms with Crippen LogP contribution in [0.3, 0.4) is 0 Å². The van der Waals surface area contributed by atoms with Crippen molar-refractivity contribution in [2.45, 2.75) is 57.1 Å². The molecule has 1 amide bonds. The van der Waals surface area contributed by atoms with E-state index in [1.165, 1.54) is 26.0 Å². The van der Waals surface area contributed by atoms with Gasteiger partial charge >= 0.3 is 11.9 Å². The molecule has 1 heterocycles. The van der Waals surface area contributed by atoms with E-state index in [1.807, 2.05) is 0 Å². The number of benzene rings is 1. The molecule has 1 aliphatic heterocycles. The minimum absolute atomic E-state index is 0.0533. The molecular weight excluding hydrogens is 450 g/mol. The van der Waals surface area contributed by atoms with Crippen LogP contribution in [0.1, 0.15) is 43.1 Å². The van der Waals surface area contributed by atoms with Crippen LogP contribution in [0.15, 0.2) is 12.1 Å². The summed E-state index contributed by atoms with van der Waals surface area (Å²) in [6, 6.07) is 2.62. The van der Waals surface area contributed by atoms with Gasteiger partial charge in [0.15, 0.2) is 0 Å². The number of nitrogens with one attached hydrogen (secondary N) is 1. The third kappa shape index (κ3) is 6.41. The van der Waals surface area contributed by atoms with E-state index < -0.39 is 26.3 Å². The molecule has 0 bridgehead atoms. The SMILES string of the molecule is COC(=O)[C@@H]1CSCc2c(O[Si](C)(C)C(C)(C)C)cc(OC)cc2C(=O)OCCC(=O)N1. The Balaban J connectivity index is 2.50. The van der Waals surface area contributed by atoms with Crippen molar-refractivity contribution in [1.82, 2.24) is 5.32 Å². The van der Waals surface area contributed by atoms with Crippen LogP contribution < -0.4 is 14.5 Å². The van der Waals surface area contributed by atoms with E-state index in [2.05, 4.69) is 39.2 Å². The summed E-state index contributed by atoms with van der Waals surface area (Å²) in [4.78, 5) is 37.1. The third-order valence-electron chi connectivity index (χ3n) is 5.72. The molecule has 8 nitrogen and oxygen atoms in total. The van der Waals surface area contributed by atoms with Crippen molar-refractivity contribution in [3.63, 3.8) is 0 Å². The molecule has 0 aliphatic carbocycles. The molecular formula is C22H33NO7SSi. The fourth-order valence-electron chi connectivity index (χ4n) is 2.76. The second-order valence-electron chi connectivity index (χ2n) is 9.06. The summed E-state index contributed by atoms with van der Waals surface area (Å²) in [6.07, 6.45) is -0.0590. The standard InChI is InChI=1S/C22H33NO7SSi/c1-22(2,3)32(6,7)30-18-11-14(27-4)10-15-16(18)12-31-13-17(21(26)28-5)23-19(24)8-9-29-20(15)25/h10-11,17H,8-9,12-13H2,1-7H3,(H,23,24)/t17-/m0/s1. The second-order valence-corrected chi connectivity index (χ2v) is 14.8. The van der Waals surface area contributed by atoms with Crippen LogP contribution in [-0.4, -0.2) is 58.8 Å². The smallest absolute Gasteiger partial charge is 0.338 e. The molecule has 0 aromatic heterocycles. The summed E-state index contributed by atoms with van der Waals surface area (Å²) in [7, 11) is 0.581. The predicted molar refractivity (Wildman–Crippen MR) is 126 cm³/mol. The Labute approximate surface area is 194 Å². The van der Waals surface area contributed by atoms with Gasteiger partial charge in [-0.1, -0.05) is 20.8 Å². The number of ether oxygens (including phenoxy) is 3. The minimum Gasteiger partial charge on any atom is -0.543 e. The first-order valence-electron chi connectivity index (χ1n) is 10.4. The van der Waals surface area contributed by atoms with Crippen molar-refractivity contribution in [3.8, 4) is 11.5 Å². The molecule has 1 N–H and O–H groups in total. The molecule has 2 rings (SSSR count). The Morgan fingerprint density at radius 2 is 1.91 bits per heavy atom. The maximum absolute atomic E-state index is 12.9. The number of methoxy groups -OCH3 is 2. The number of hydrogen-bond acceptors (Lipinski definition) is 8. The van der Waals surface area contributed by atoms with Crippen molar-refractivity contribution < 1.29 is 33.0 Å². The lowest BCUT2D eigenvalue weighted by atomic mass is 10.1. The number of amides is 1. The zero-order valence-corrected chi connectivity index (χ0v) is 21.6. The van der Waals surface area contributed by atoms with Gasteiger partial charge in [-0.2, -0.15) is 11.8 Å². The Hall–Kier alpha value is -2.20. The average molecular weight is 484 g/mol. The lowest BCUT2D eigenvalue weighted by Crippen LogP contribution is -2.44. The average Bonchev–Trinajstić information content (AvgIpc) is 2.70. The number of hydrogen-bond donors (Lipinski definition) is 1. The number of carbonyl (C=O) groups excluding carboxylic acids is 3.